The van der Waals surface area contributed by atoms with Crippen LogP contribution in [0.4, 0.5) is 5.82 Å². The fourth-order valence-electron chi connectivity index (χ4n) is 1.57. The van der Waals surface area contributed by atoms with Crippen molar-refractivity contribution in [2.24, 2.45) is 11.7 Å². The van der Waals surface area contributed by atoms with E-state index in [2.05, 4.69) is 36.8 Å². The second-order valence-corrected chi connectivity index (χ2v) is 4.51. The van der Waals surface area contributed by atoms with Gasteiger partial charge in [0.2, 0.25) is 0 Å². The van der Waals surface area contributed by atoms with Crippen molar-refractivity contribution in [3.05, 3.63) is 23.9 Å². The Morgan fingerprint density at radius 2 is 2.07 bits per heavy atom. The molecule has 1 aromatic heterocycles. The molecule has 0 radical (unpaired) electrons. The largest absolute Gasteiger partial charge is 0.359 e. The smallest absolute Gasteiger partial charge is 0.128 e. The van der Waals surface area contributed by atoms with E-state index in [0.29, 0.717) is 5.92 Å². The Balaban J connectivity index is 2.80. The summed E-state index contributed by atoms with van der Waals surface area (Å²) in [5.41, 5.74) is 6.97. The quantitative estimate of drug-likeness (QED) is 0.823. The van der Waals surface area contributed by atoms with Gasteiger partial charge in [-0.1, -0.05) is 13.8 Å². The van der Waals surface area contributed by atoms with Gasteiger partial charge in [-0.05, 0) is 30.5 Å². The summed E-state index contributed by atoms with van der Waals surface area (Å²) in [6, 6.07) is 4.10. The third-order valence-corrected chi connectivity index (χ3v) is 2.33. The summed E-state index contributed by atoms with van der Waals surface area (Å²) < 4.78 is 0. The zero-order valence-corrected chi connectivity index (χ0v) is 10.1. The zero-order valence-electron chi connectivity index (χ0n) is 10.1. The lowest BCUT2D eigenvalue weighted by Gasteiger charge is -2.21. The first kappa shape index (κ1) is 12.0. The van der Waals surface area contributed by atoms with Gasteiger partial charge in [0.1, 0.15) is 5.82 Å². The molecule has 0 spiro atoms. The molecule has 84 valence electrons. The number of hydrogen-bond acceptors (Lipinski definition) is 3. The van der Waals surface area contributed by atoms with Crippen LogP contribution in [-0.2, 0) is 0 Å². The predicted octanol–water partition coefficient (Wildman–Crippen LogP) is 2.19. The monoisotopic (exact) mass is 207 g/mol. The van der Waals surface area contributed by atoms with Crippen molar-refractivity contribution in [2.45, 2.75) is 26.8 Å². The van der Waals surface area contributed by atoms with E-state index in [1.165, 1.54) is 0 Å². The third kappa shape index (κ3) is 3.51. The molecule has 3 nitrogen and oxygen atoms in total. The molecule has 2 N–H and O–H groups in total. The van der Waals surface area contributed by atoms with Gasteiger partial charge in [-0.15, -0.1) is 0 Å². The first-order valence-corrected chi connectivity index (χ1v) is 5.43. The molecule has 1 rings (SSSR count). The Kier molecular flexibility index (Phi) is 4.09. The number of anilines is 1. The van der Waals surface area contributed by atoms with Crippen molar-refractivity contribution in [3.63, 3.8) is 0 Å². The van der Waals surface area contributed by atoms with Crippen molar-refractivity contribution < 1.29 is 0 Å². The number of nitrogens with two attached hydrogens (primary N) is 1. The van der Waals surface area contributed by atoms with E-state index >= 15 is 0 Å². The number of rotatable bonds is 4. The second kappa shape index (κ2) is 5.12. The summed E-state index contributed by atoms with van der Waals surface area (Å²) in [5.74, 6) is 1.63. The van der Waals surface area contributed by atoms with E-state index in [-0.39, 0.29) is 6.04 Å². The Bertz CT molecular complexity index is 307. The minimum absolute atomic E-state index is 0.0687. The number of hydrogen-bond donors (Lipinski definition) is 1. The van der Waals surface area contributed by atoms with Crippen LogP contribution in [0.25, 0.3) is 0 Å². The predicted molar refractivity (Wildman–Crippen MR) is 64.9 cm³/mol. The average molecular weight is 207 g/mol. The zero-order chi connectivity index (χ0) is 11.4. The molecule has 1 heterocycles. The van der Waals surface area contributed by atoms with Gasteiger partial charge in [-0.3, -0.25) is 0 Å². The highest BCUT2D eigenvalue weighted by Gasteiger charge is 2.06. The van der Waals surface area contributed by atoms with Gasteiger partial charge in [0.15, 0.2) is 0 Å². The fraction of sp³-hybridized carbons (Fsp3) is 0.583. The molecule has 0 aliphatic rings. The van der Waals surface area contributed by atoms with Gasteiger partial charge in [-0.2, -0.15) is 0 Å². The molecule has 0 aliphatic heterocycles. The highest BCUT2D eigenvalue weighted by Crippen LogP contribution is 2.16. The highest BCUT2D eigenvalue weighted by atomic mass is 15.2. The topological polar surface area (TPSA) is 42.1 Å². The van der Waals surface area contributed by atoms with E-state index in [0.717, 1.165) is 17.9 Å². The maximum atomic E-state index is 5.84. The van der Waals surface area contributed by atoms with Gasteiger partial charge < -0.3 is 10.6 Å². The molecule has 1 atom stereocenters. The molecule has 1 aromatic rings. The molecule has 0 unspecified atom stereocenters. The SMILES string of the molecule is CC(C)CN(C)c1cc([C@H](C)N)ccn1. The van der Waals surface area contributed by atoms with Gasteiger partial charge in [0, 0.05) is 25.8 Å². The Labute approximate surface area is 92.3 Å². The van der Waals surface area contributed by atoms with Crippen LogP contribution >= 0.6 is 0 Å². The Hall–Kier alpha value is -1.09. The molecule has 15 heavy (non-hydrogen) atoms. The number of aromatic nitrogens is 1. The normalized spacial score (nSPS) is 12.9. The van der Waals surface area contributed by atoms with Gasteiger partial charge >= 0.3 is 0 Å². The summed E-state index contributed by atoms with van der Waals surface area (Å²) in [5, 5.41) is 0. The van der Waals surface area contributed by atoms with Crippen molar-refractivity contribution in [2.75, 3.05) is 18.5 Å². The lowest BCUT2D eigenvalue weighted by Crippen LogP contribution is -2.23. The van der Waals surface area contributed by atoms with Gasteiger partial charge in [0.25, 0.3) is 0 Å². The molecular formula is C12H21N3. The minimum atomic E-state index is 0.0687. The van der Waals surface area contributed by atoms with E-state index in [1.807, 2.05) is 19.2 Å². The van der Waals surface area contributed by atoms with E-state index < -0.39 is 0 Å². The first-order chi connectivity index (χ1) is 7.00. The van der Waals surface area contributed by atoms with Gasteiger partial charge in [0.05, 0.1) is 0 Å². The molecule has 0 amide bonds. The maximum absolute atomic E-state index is 5.84. The van der Waals surface area contributed by atoms with E-state index in [1.54, 1.807) is 0 Å². The van der Waals surface area contributed by atoms with Crippen molar-refractivity contribution in [3.8, 4) is 0 Å². The molecule has 0 aliphatic carbocycles. The van der Waals surface area contributed by atoms with E-state index in [4.69, 9.17) is 5.73 Å². The molecule has 0 bridgehead atoms. The molecule has 3 heteroatoms. The second-order valence-electron chi connectivity index (χ2n) is 4.51. The maximum Gasteiger partial charge on any atom is 0.128 e. The Morgan fingerprint density at radius 3 is 2.60 bits per heavy atom. The van der Waals surface area contributed by atoms with Crippen molar-refractivity contribution >= 4 is 5.82 Å². The third-order valence-electron chi connectivity index (χ3n) is 2.33. The molecule has 0 aromatic carbocycles. The molecule has 0 fully saturated rings. The fourth-order valence-corrected chi connectivity index (χ4v) is 1.57. The van der Waals surface area contributed by atoms with Crippen LogP contribution in [0.15, 0.2) is 18.3 Å². The highest BCUT2D eigenvalue weighted by molar-refractivity contribution is 5.40. The van der Waals surface area contributed by atoms with Crippen molar-refractivity contribution in [1.29, 1.82) is 0 Å². The van der Waals surface area contributed by atoms with Crippen LogP contribution in [0.2, 0.25) is 0 Å². The summed E-state index contributed by atoms with van der Waals surface area (Å²) in [7, 11) is 2.06. The lowest BCUT2D eigenvalue weighted by atomic mass is 10.1. The van der Waals surface area contributed by atoms with E-state index in [9.17, 15) is 0 Å². The molecule has 0 saturated carbocycles. The van der Waals surface area contributed by atoms with Crippen LogP contribution in [0.1, 0.15) is 32.4 Å². The summed E-state index contributed by atoms with van der Waals surface area (Å²) in [4.78, 5) is 6.51. The van der Waals surface area contributed by atoms with Crippen LogP contribution in [0.3, 0.4) is 0 Å². The lowest BCUT2D eigenvalue weighted by molar-refractivity contribution is 0.634. The summed E-state index contributed by atoms with van der Waals surface area (Å²) in [6.45, 7) is 7.40. The van der Waals surface area contributed by atoms with Crippen LogP contribution in [-0.4, -0.2) is 18.6 Å². The standard InChI is InChI=1S/C12H21N3/c1-9(2)8-15(4)12-7-11(10(3)13)5-6-14-12/h5-7,9-10H,8,13H2,1-4H3/t10-/m0/s1. The Morgan fingerprint density at radius 1 is 1.40 bits per heavy atom. The molecular weight excluding hydrogens is 186 g/mol. The number of pyridine rings is 1. The van der Waals surface area contributed by atoms with Gasteiger partial charge in [-0.25, -0.2) is 4.98 Å². The van der Waals surface area contributed by atoms with Crippen LogP contribution < -0.4 is 10.6 Å². The average Bonchev–Trinajstić information content (AvgIpc) is 2.17. The van der Waals surface area contributed by atoms with Crippen LogP contribution in [0, 0.1) is 5.92 Å². The number of nitrogens with zero attached hydrogens (tertiary/aromatic N) is 2. The summed E-state index contributed by atoms with van der Waals surface area (Å²) in [6.07, 6.45) is 1.82. The first-order valence-electron chi connectivity index (χ1n) is 5.43. The minimum Gasteiger partial charge on any atom is -0.359 e. The van der Waals surface area contributed by atoms with Crippen molar-refractivity contribution in [1.82, 2.24) is 4.98 Å². The molecule has 0 saturated heterocycles. The summed E-state index contributed by atoms with van der Waals surface area (Å²) >= 11 is 0. The van der Waals surface area contributed by atoms with Crippen LogP contribution in [0.5, 0.6) is 0 Å².